The first-order chi connectivity index (χ1) is 13.9. The van der Waals surface area contributed by atoms with Crippen LogP contribution in [0.2, 0.25) is 0 Å². The quantitative estimate of drug-likeness (QED) is 0.281. The number of Topliss-reactive ketones (excluding diaryl/α,β-unsaturated/α-hetero) is 1. The van der Waals surface area contributed by atoms with E-state index in [1.54, 1.807) is 37.3 Å². The zero-order valence-corrected chi connectivity index (χ0v) is 16.2. The third kappa shape index (κ3) is 3.65. The van der Waals surface area contributed by atoms with Gasteiger partial charge in [-0.15, -0.1) is 0 Å². The molecule has 0 aliphatic heterocycles. The van der Waals surface area contributed by atoms with Crippen molar-refractivity contribution < 1.29 is 18.8 Å². The zero-order chi connectivity index (χ0) is 20.5. The van der Waals surface area contributed by atoms with Crippen LogP contribution in [-0.4, -0.2) is 21.9 Å². The number of carbonyl (C=O) groups excluding carboxylic acids is 2. The van der Waals surface area contributed by atoms with Crippen molar-refractivity contribution >= 4 is 22.9 Å². The molecule has 144 valence electrons. The summed E-state index contributed by atoms with van der Waals surface area (Å²) >= 11 is 0. The van der Waals surface area contributed by atoms with Crippen LogP contribution in [-0.2, 0) is 0 Å². The fraction of sp³-hybridized carbons (Fsp3) is 0.130. The van der Waals surface area contributed by atoms with Gasteiger partial charge in [-0.1, -0.05) is 35.0 Å². The monoisotopic (exact) mass is 386 g/mol. The lowest BCUT2D eigenvalue weighted by molar-refractivity contribution is 0.0736. The molecule has 0 unspecified atom stereocenters. The summed E-state index contributed by atoms with van der Waals surface area (Å²) in [4.78, 5) is 28.9. The fourth-order valence-corrected chi connectivity index (χ4v) is 3.05. The molecule has 0 amide bonds. The van der Waals surface area contributed by atoms with E-state index >= 15 is 0 Å². The average molecular weight is 386 g/mol. The lowest BCUT2D eigenvalue weighted by atomic mass is 10.0. The van der Waals surface area contributed by atoms with Gasteiger partial charge >= 0.3 is 5.97 Å². The Morgan fingerprint density at radius 3 is 2.31 bits per heavy atom. The predicted octanol–water partition coefficient (Wildman–Crippen LogP) is 4.93. The van der Waals surface area contributed by atoms with E-state index < -0.39 is 5.97 Å². The fourth-order valence-electron chi connectivity index (χ4n) is 3.05. The standard InChI is InChI=1S/C23H18N2O4/c1-13-4-6-17(7-5-13)20-12-19(21-14(2)25-29-22(21)24-20)23(27)28-18-10-8-16(9-11-18)15(3)26/h4-12H,1-3H3. The summed E-state index contributed by atoms with van der Waals surface area (Å²) in [5, 5.41) is 4.46. The van der Waals surface area contributed by atoms with E-state index in [-0.39, 0.29) is 11.5 Å². The Morgan fingerprint density at radius 2 is 1.66 bits per heavy atom. The summed E-state index contributed by atoms with van der Waals surface area (Å²) in [5.41, 5.74) is 4.27. The largest absolute Gasteiger partial charge is 0.423 e. The summed E-state index contributed by atoms with van der Waals surface area (Å²) in [5.74, 6) is -0.259. The van der Waals surface area contributed by atoms with Crippen molar-refractivity contribution in [3.05, 3.63) is 77.0 Å². The maximum Gasteiger partial charge on any atom is 0.344 e. The second-order valence-electron chi connectivity index (χ2n) is 6.84. The van der Waals surface area contributed by atoms with Crippen LogP contribution in [0, 0.1) is 13.8 Å². The maximum absolute atomic E-state index is 12.9. The number of carbonyl (C=O) groups is 2. The molecule has 6 heteroatoms. The minimum absolute atomic E-state index is 0.0541. The van der Waals surface area contributed by atoms with Crippen LogP contribution in [0.3, 0.4) is 0 Å². The molecule has 0 spiro atoms. The highest BCUT2D eigenvalue weighted by molar-refractivity contribution is 6.05. The second-order valence-corrected chi connectivity index (χ2v) is 6.84. The van der Waals surface area contributed by atoms with Crippen molar-refractivity contribution in [1.29, 1.82) is 0 Å². The number of fused-ring (bicyclic) bond motifs is 1. The van der Waals surface area contributed by atoms with Crippen molar-refractivity contribution in [2.24, 2.45) is 0 Å². The summed E-state index contributed by atoms with van der Waals surface area (Å²) in [6.45, 7) is 5.23. The van der Waals surface area contributed by atoms with E-state index in [0.29, 0.717) is 33.7 Å². The van der Waals surface area contributed by atoms with Gasteiger partial charge in [0.05, 0.1) is 22.3 Å². The Hall–Kier alpha value is -3.80. The molecule has 2 heterocycles. The number of ether oxygens (including phenoxy) is 1. The van der Waals surface area contributed by atoms with Crippen molar-refractivity contribution in [2.45, 2.75) is 20.8 Å². The third-order valence-corrected chi connectivity index (χ3v) is 4.66. The summed E-state index contributed by atoms with van der Waals surface area (Å²) in [6.07, 6.45) is 0. The molecule has 0 aliphatic rings. The Bertz CT molecular complexity index is 1220. The average Bonchev–Trinajstić information content (AvgIpc) is 3.09. The number of nitrogens with zero attached hydrogens (tertiary/aromatic N) is 2. The Morgan fingerprint density at radius 1 is 0.966 bits per heavy atom. The van der Waals surface area contributed by atoms with E-state index in [9.17, 15) is 9.59 Å². The number of pyridine rings is 1. The van der Waals surface area contributed by atoms with Crippen LogP contribution >= 0.6 is 0 Å². The molecular weight excluding hydrogens is 368 g/mol. The molecular formula is C23H18N2O4. The molecule has 4 rings (SSSR count). The van der Waals surface area contributed by atoms with Gasteiger partial charge in [-0.05, 0) is 51.1 Å². The number of rotatable bonds is 4. The highest BCUT2D eigenvalue weighted by Crippen LogP contribution is 2.28. The van der Waals surface area contributed by atoms with Crippen LogP contribution in [0.25, 0.3) is 22.4 Å². The van der Waals surface area contributed by atoms with Gasteiger partial charge in [-0.3, -0.25) is 4.79 Å². The number of ketones is 1. The predicted molar refractivity (Wildman–Crippen MR) is 108 cm³/mol. The first-order valence-electron chi connectivity index (χ1n) is 9.09. The van der Waals surface area contributed by atoms with Crippen LogP contribution in [0.1, 0.15) is 38.9 Å². The Balaban J connectivity index is 1.74. The molecule has 0 radical (unpaired) electrons. The first-order valence-corrected chi connectivity index (χ1v) is 9.09. The maximum atomic E-state index is 12.9. The van der Waals surface area contributed by atoms with E-state index in [1.807, 2.05) is 31.2 Å². The zero-order valence-electron chi connectivity index (χ0n) is 16.2. The number of esters is 1. The highest BCUT2D eigenvalue weighted by atomic mass is 16.5. The summed E-state index contributed by atoms with van der Waals surface area (Å²) < 4.78 is 10.8. The minimum Gasteiger partial charge on any atom is -0.423 e. The van der Waals surface area contributed by atoms with Crippen molar-refractivity contribution in [1.82, 2.24) is 10.1 Å². The lowest BCUT2D eigenvalue weighted by Crippen LogP contribution is -2.10. The van der Waals surface area contributed by atoms with Crippen molar-refractivity contribution in [3.63, 3.8) is 0 Å². The topological polar surface area (TPSA) is 82.3 Å². The summed E-state index contributed by atoms with van der Waals surface area (Å²) in [6, 6.07) is 15.9. The molecule has 6 nitrogen and oxygen atoms in total. The molecule has 4 aromatic rings. The van der Waals surface area contributed by atoms with Gasteiger partial charge in [0.1, 0.15) is 5.75 Å². The Labute approximate surface area is 167 Å². The second kappa shape index (κ2) is 7.31. The molecule has 2 aromatic heterocycles. The number of benzene rings is 2. The number of hydrogen-bond donors (Lipinski definition) is 0. The highest BCUT2D eigenvalue weighted by Gasteiger charge is 2.21. The molecule has 0 saturated carbocycles. The number of hydrogen-bond acceptors (Lipinski definition) is 6. The van der Waals surface area contributed by atoms with Gasteiger partial charge in [0.2, 0.25) is 0 Å². The number of aromatic nitrogens is 2. The lowest BCUT2D eigenvalue weighted by Gasteiger charge is -2.08. The molecule has 0 fully saturated rings. The minimum atomic E-state index is -0.548. The molecule has 29 heavy (non-hydrogen) atoms. The van der Waals surface area contributed by atoms with E-state index in [2.05, 4.69) is 10.1 Å². The molecule has 2 aromatic carbocycles. The van der Waals surface area contributed by atoms with Gasteiger partial charge in [0.25, 0.3) is 5.71 Å². The Kier molecular flexibility index (Phi) is 4.68. The number of aryl methyl sites for hydroxylation is 2. The van der Waals surface area contributed by atoms with Gasteiger partial charge in [0.15, 0.2) is 5.78 Å². The van der Waals surface area contributed by atoms with Crippen LogP contribution in [0.15, 0.2) is 59.1 Å². The van der Waals surface area contributed by atoms with Crippen LogP contribution in [0.4, 0.5) is 0 Å². The molecule has 0 atom stereocenters. The van der Waals surface area contributed by atoms with Gasteiger partial charge < -0.3 is 9.26 Å². The third-order valence-electron chi connectivity index (χ3n) is 4.66. The van der Waals surface area contributed by atoms with E-state index in [1.165, 1.54) is 6.92 Å². The van der Waals surface area contributed by atoms with Gasteiger partial charge in [-0.25, -0.2) is 9.78 Å². The van der Waals surface area contributed by atoms with E-state index in [0.717, 1.165) is 11.1 Å². The van der Waals surface area contributed by atoms with Crippen LogP contribution < -0.4 is 4.74 Å². The van der Waals surface area contributed by atoms with E-state index in [4.69, 9.17) is 9.26 Å². The molecule has 0 aliphatic carbocycles. The first kappa shape index (κ1) is 18.6. The normalized spacial score (nSPS) is 10.9. The van der Waals surface area contributed by atoms with Gasteiger partial charge in [-0.2, -0.15) is 0 Å². The smallest absolute Gasteiger partial charge is 0.344 e. The van der Waals surface area contributed by atoms with Gasteiger partial charge in [0, 0.05) is 11.1 Å². The summed E-state index contributed by atoms with van der Waals surface area (Å²) in [7, 11) is 0. The molecule has 0 bridgehead atoms. The van der Waals surface area contributed by atoms with Crippen LogP contribution in [0.5, 0.6) is 5.75 Å². The SMILES string of the molecule is CC(=O)c1ccc(OC(=O)c2cc(-c3ccc(C)cc3)nc3onc(C)c23)cc1. The molecule has 0 saturated heterocycles. The van der Waals surface area contributed by atoms with Crippen molar-refractivity contribution in [2.75, 3.05) is 0 Å². The van der Waals surface area contributed by atoms with Crippen molar-refractivity contribution in [3.8, 4) is 17.0 Å². The molecule has 0 N–H and O–H groups in total.